The summed E-state index contributed by atoms with van der Waals surface area (Å²) in [4.78, 5) is 0.904. The van der Waals surface area contributed by atoms with Gasteiger partial charge in [-0.15, -0.1) is 26.6 Å². The molecule has 0 saturated carbocycles. The van der Waals surface area contributed by atoms with Gasteiger partial charge in [0.2, 0.25) is 0 Å². The van der Waals surface area contributed by atoms with Gasteiger partial charge >= 0.3 is 0 Å². The molecule has 120 valence electrons. The van der Waals surface area contributed by atoms with Crippen molar-refractivity contribution >= 4 is 27.3 Å². The second-order valence-corrected chi connectivity index (χ2v) is 7.11. The molecule has 0 unspecified atom stereocenters. The molecule has 4 aromatic rings. The van der Waals surface area contributed by atoms with Gasteiger partial charge in [-0.2, -0.15) is 0 Å². The van der Waals surface area contributed by atoms with Crippen LogP contribution in [0.2, 0.25) is 0 Å². The summed E-state index contributed by atoms with van der Waals surface area (Å²) in [6.07, 6.45) is 1.52. The van der Waals surface area contributed by atoms with Gasteiger partial charge in [-0.25, -0.2) is 4.68 Å². The van der Waals surface area contributed by atoms with Crippen LogP contribution in [-0.4, -0.2) is 30.4 Å². The van der Waals surface area contributed by atoms with Crippen molar-refractivity contribution in [3.8, 4) is 22.2 Å². The first-order chi connectivity index (χ1) is 11.8. The van der Waals surface area contributed by atoms with Crippen molar-refractivity contribution < 1.29 is 9.15 Å². The molecule has 3 aromatic heterocycles. The lowest BCUT2D eigenvalue weighted by atomic mass is 10.3. The Kier molecular flexibility index (Phi) is 4.05. The highest BCUT2D eigenvalue weighted by Crippen LogP contribution is 2.30. The van der Waals surface area contributed by atoms with E-state index in [1.165, 1.54) is 17.7 Å². The molecule has 10 heteroatoms. The van der Waals surface area contributed by atoms with E-state index in [2.05, 4.69) is 41.7 Å². The van der Waals surface area contributed by atoms with Crippen molar-refractivity contribution in [1.82, 2.24) is 30.4 Å². The Hall–Kier alpha value is -2.59. The summed E-state index contributed by atoms with van der Waals surface area (Å²) in [6, 6.07) is 11.2. The summed E-state index contributed by atoms with van der Waals surface area (Å²) in [7, 11) is 0. The summed E-state index contributed by atoms with van der Waals surface area (Å²) in [5, 5.41) is 19.1. The molecule has 0 spiro atoms. The number of benzene rings is 1. The van der Waals surface area contributed by atoms with Crippen LogP contribution in [0.5, 0.6) is 5.75 Å². The van der Waals surface area contributed by atoms with Crippen molar-refractivity contribution in [3.63, 3.8) is 0 Å². The van der Waals surface area contributed by atoms with Gasteiger partial charge in [0.05, 0.1) is 14.4 Å². The van der Waals surface area contributed by atoms with Crippen molar-refractivity contribution in [2.75, 3.05) is 0 Å². The van der Waals surface area contributed by atoms with Crippen LogP contribution in [0.4, 0.5) is 0 Å². The van der Waals surface area contributed by atoms with Gasteiger partial charge in [0, 0.05) is 6.07 Å². The predicted octanol–water partition coefficient (Wildman–Crippen LogP) is 3.12. The fourth-order valence-corrected chi connectivity index (χ4v) is 3.29. The normalized spacial score (nSPS) is 10.9. The maximum absolute atomic E-state index is 5.70. The molecule has 0 N–H and O–H groups in total. The Balaban J connectivity index is 1.46. The Morgan fingerprint density at radius 3 is 2.96 bits per heavy atom. The molecule has 24 heavy (non-hydrogen) atoms. The van der Waals surface area contributed by atoms with Gasteiger partial charge in [-0.1, -0.05) is 6.07 Å². The maximum atomic E-state index is 5.70. The topological polar surface area (TPSA) is 91.8 Å². The van der Waals surface area contributed by atoms with E-state index in [-0.39, 0.29) is 6.61 Å². The van der Waals surface area contributed by atoms with Crippen molar-refractivity contribution in [3.05, 3.63) is 52.4 Å². The van der Waals surface area contributed by atoms with E-state index in [0.29, 0.717) is 17.5 Å². The predicted molar refractivity (Wildman–Crippen MR) is 88.8 cm³/mol. The van der Waals surface area contributed by atoms with Crippen molar-refractivity contribution in [1.29, 1.82) is 0 Å². The minimum atomic E-state index is 0.179. The molecule has 8 nitrogen and oxygen atoms in total. The van der Waals surface area contributed by atoms with Crippen LogP contribution >= 0.6 is 27.3 Å². The summed E-state index contributed by atoms with van der Waals surface area (Å²) >= 11 is 4.94. The molecule has 4 rings (SSSR count). The van der Waals surface area contributed by atoms with Gasteiger partial charge < -0.3 is 9.15 Å². The SMILES string of the molecule is Brc1ccc(-c2nnc(COc3cccc(-n4cnnn4)c3)o2)s1. The van der Waals surface area contributed by atoms with Crippen LogP contribution < -0.4 is 4.74 Å². The summed E-state index contributed by atoms with van der Waals surface area (Å²) < 4.78 is 13.9. The first-order valence-corrected chi connectivity index (χ1v) is 8.43. The van der Waals surface area contributed by atoms with Gasteiger partial charge in [0.1, 0.15) is 12.1 Å². The van der Waals surface area contributed by atoms with Gasteiger partial charge in [-0.05, 0) is 50.6 Å². The number of tetrazole rings is 1. The fourth-order valence-electron chi connectivity index (χ4n) is 1.98. The molecule has 0 aliphatic heterocycles. The summed E-state index contributed by atoms with van der Waals surface area (Å²) in [6.45, 7) is 0.179. The zero-order chi connectivity index (χ0) is 16.4. The first kappa shape index (κ1) is 15.0. The third-order valence-electron chi connectivity index (χ3n) is 3.04. The summed E-state index contributed by atoms with van der Waals surface area (Å²) in [5.41, 5.74) is 0.798. The number of hydrogen-bond donors (Lipinski definition) is 0. The highest BCUT2D eigenvalue weighted by molar-refractivity contribution is 9.11. The van der Waals surface area contributed by atoms with E-state index in [1.54, 1.807) is 4.68 Å². The van der Waals surface area contributed by atoms with E-state index in [9.17, 15) is 0 Å². The van der Waals surface area contributed by atoms with E-state index in [1.807, 2.05) is 36.4 Å². The average Bonchev–Trinajstić information content (AvgIpc) is 3.34. The van der Waals surface area contributed by atoms with Crippen molar-refractivity contribution in [2.45, 2.75) is 6.61 Å². The number of nitrogens with zero attached hydrogens (tertiary/aromatic N) is 6. The standard InChI is InChI=1S/C14H9BrN6O2S/c15-12-5-4-11(24-12)14-18-17-13(23-14)7-22-10-3-1-2-9(6-10)21-8-16-19-20-21/h1-6,8H,7H2. The lowest BCUT2D eigenvalue weighted by Crippen LogP contribution is -1.98. The quantitative estimate of drug-likeness (QED) is 0.504. The minimum Gasteiger partial charge on any atom is -0.484 e. The number of hydrogen-bond acceptors (Lipinski definition) is 8. The molecule has 3 heterocycles. The number of aromatic nitrogens is 6. The largest absolute Gasteiger partial charge is 0.484 e. The molecule has 1 aromatic carbocycles. The van der Waals surface area contributed by atoms with Crippen LogP contribution in [0.3, 0.4) is 0 Å². The van der Waals surface area contributed by atoms with Crippen LogP contribution in [-0.2, 0) is 6.61 Å². The number of ether oxygens (including phenoxy) is 1. The third-order valence-corrected chi connectivity index (χ3v) is 4.66. The van der Waals surface area contributed by atoms with Crippen LogP contribution in [0.25, 0.3) is 16.5 Å². The minimum absolute atomic E-state index is 0.179. The smallest absolute Gasteiger partial charge is 0.257 e. The molecule has 0 aliphatic rings. The molecule has 0 radical (unpaired) electrons. The van der Waals surface area contributed by atoms with E-state index in [0.717, 1.165) is 14.4 Å². The molecule has 0 aliphatic carbocycles. The fraction of sp³-hybridized carbons (Fsp3) is 0.0714. The average molecular weight is 405 g/mol. The van der Waals surface area contributed by atoms with E-state index < -0.39 is 0 Å². The number of halogens is 1. The molecule has 0 amide bonds. The molecule has 0 fully saturated rings. The third kappa shape index (κ3) is 3.19. The molecule has 0 saturated heterocycles. The monoisotopic (exact) mass is 404 g/mol. The zero-order valence-corrected chi connectivity index (χ0v) is 14.4. The van der Waals surface area contributed by atoms with Gasteiger partial charge in [0.15, 0.2) is 6.61 Å². The Morgan fingerprint density at radius 2 is 2.17 bits per heavy atom. The second kappa shape index (κ2) is 6.49. The van der Waals surface area contributed by atoms with Crippen LogP contribution in [0.15, 0.2) is 50.9 Å². The number of thiophene rings is 1. The van der Waals surface area contributed by atoms with Crippen LogP contribution in [0, 0.1) is 0 Å². The lowest BCUT2D eigenvalue weighted by molar-refractivity contribution is 0.264. The second-order valence-electron chi connectivity index (χ2n) is 4.65. The lowest BCUT2D eigenvalue weighted by Gasteiger charge is -2.05. The Morgan fingerprint density at radius 1 is 1.21 bits per heavy atom. The zero-order valence-electron chi connectivity index (χ0n) is 12.0. The molecular weight excluding hydrogens is 396 g/mol. The van der Waals surface area contributed by atoms with Gasteiger partial charge in [0.25, 0.3) is 11.8 Å². The highest BCUT2D eigenvalue weighted by Gasteiger charge is 2.11. The van der Waals surface area contributed by atoms with Gasteiger partial charge in [-0.3, -0.25) is 0 Å². The Bertz CT molecular complexity index is 952. The van der Waals surface area contributed by atoms with Crippen LogP contribution in [0.1, 0.15) is 5.89 Å². The molecule has 0 atom stereocenters. The van der Waals surface area contributed by atoms with Crippen molar-refractivity contribution in [2.24, 2.45) is 0 Å². The van der Waals surface area contributed by atoms with E-state index >= 15 is 0 Å². The summed E-state index contributed by atoms with van der Waals surface area (Å²) in [5.74, 6) is 1.54. The van der Waals surface area contributed by atoms with E-state index in [4.69, 9.17) is 9.15 Å². The first-order valence-electron chi connectivity index (χ1n) is 6.82. The maximum Gasteiger partial charge on any atom is 0.257 e. The molecular formula is C14H9BrN6O2S. The Labute approximate surface area is 148 Å². The highest BCUT2D eigenvalue weighted by atomic mass is 79.9. The molecule has 0 bridgehead atoms. The number of rotatable bonds is 5.